The molecule has 2 aromatic rings. The molecule has 0 amide bonds. The van der Waals surface area contributed by atoms with Gasteiger partial charge in [0.1, 0.15) is 12.1 Å². The van der Waals surface area contributed by atoms with Gasteiger partial charge in [-0.1, -0.05) is 12.1 Å². The van der Waals surface area contributed by atoms with Gasteiger partial charge < -0.3 is 10.4 Å². The maximum Gasteiger partial charge on any atom is 0.306 e. The number of carboxylic acids is 1. The van der Waals surface area contributed by atoms with Crippen molar-refractivity contribution in [2.75, 3.05) is 5.32 Å². The van der Waals surface area contributed by atoms with Gasteiger partial charge >= 0.3 is 5.97 Å². The Labute approximate surface area is 123 Å². The second-order valence-corrected chi connectivity index (χ2v) is 5.72. The SMILES string of the molecule is Cc1cccc2ncnc(NC3CCC(C(=O)O)CC3)c12. The van der Waals surface area contributed by atoms with Crippen LogP contribution in [0, 0.1) is 12.8 Å². The highest BCUT2D eigenvalue weighted by Gasteiger charge is 2.26. The first-order valence-electron chi connectivity index (χ1n) is 7.35. The van der Waals surface area contributed by atoms with E-state index in [0.29, 0.717) is 6.04 Å². The number of rotatable bonds is 3. The van der Waals surface area contributed by atoms with E-state index in [9.17, 15) is 4.79 Å². The van der Waals surface area contributed by atoms with Crippen molar-refractivity contribution >= 4 is 22.7 Å². The van der Waals surface area contributed by atoms with Gasteiger partial charge in [-0.25, -0.2) is 9.97 Å². The molecule has 5 heteroatoms. The predicted octanol–water partition coefficient (Wildman–Crippen LogP) is 2.99. The smallest absolute Gasteiger partial charge is 0.306 e. The lowest BCUT2D eigenvalue weighted by Gasteiger charge is -2.27. The second kappa shape index (κ2) is 5.68. The van der Waals surface area contributed by atoms with Gasteiger partial charge in [-0.05, 0) is 44.2 Å². The van der Waals surface area contributed by atoms with Gasteiger partial charge in [-0.15, -0.1) is 0 Å². The van der Waals surface area contributed by atoms with Gasteiger partial charge in [0.25, 0.3) is 0 Å². The molecule has 1 aromatic heterocycles. The molecule has 0 radical (unpaired) electrons. The molecule has 0 unspecified atom stereocenters. The molecule has 1 heterocycles. The van der Waals surface area contributed by atoms with E-state index in [0.717, 1.165) is 48.0 Å². The minimum atomic E-state index is -0.670. The Morgan fingerprint density at radius 2 is 2.00 bits per heavy atom. The summed E-state index contributed by atoms with van der Waals surface area (Å²) in [6, 6.07) is 6.32. The van der Waals surface area contributed by atoms with Crippen LogP contribution in [0.5, 0.6) is 0 Å². The van der Waals surface area contributed by atoms with Crippen LogP contribution in [0.3, 0.4) is 0 Å². The number of anilines is 1. The second-order valence-electron chi connectivity index (χ2n) is 5.72. The third kappa shape index (κ3) is 2.82. The lowest BCUT2D eigenvalue weighted by molar-refractivity contribution is -0.142. The first-order valence-corrected chi connectivity index (χ1v) is 7.35. The highest BCUT2D eigenvalue weighted by Crippen LogP contribution is 2.29. The van der Waals surface area contributed by atoms with Crippen molar-refractivity contribution in [2.45, 2.75) is 38.6 Å². The lowest BCUT2D eigenvalue weighted by atomic mass is 9.86. The maximum absolute atomic E-state index is 11.0. The van der Waals surface area contributed by atoms with Crippen LogP contribution in [0.4, 0.5) is 5.82 Å². The number of aliphatic carboxylic acids is 1. The zero-order valence-electron chi connectivity index (χ0n) is 12.0. The molecule has 1 aromatic carbocycles. The molecular weight excluding hydrogens is 266 g/mol. The number of carbonyl (C=O) groups is 1. The highest BCUT2D eigenvalue weighted by atomic mass is 16.4. The molecule has 1 fully saturated rings. The minimum Gasteiger partial charge on any atom is -0.481 e. The largest absolute Gasteiger partial charge is 0.481 e. The van der Waals surface area contributed by atoms with Gasteiger partial charge in [0.05, 0.1) is 11.4 Å². The van der Waals surface area contributed by atoms with E-state index < -0.39 is 5.97 Å². The summed E-state index contributed by atoms with van der Waals surface area (Å²) >= 11 is 0. The van der Waals surface area contributed by atoms with Crippen molar-refractivity contribution in [1.29, 1.82) is 0 Å². The molecule has 1 aliphatic rings. The third-order valence-electron chi connectivity index (χ3n) is 4.29. The summed E-state index contributed by atoms with van der Waals surface area (Å²) in [5, 5.41) is 13.6. The standard InChI is InChI=1S/C16H19N3O2/c1-10-3-2-4-13-14(10)15(18-9-17-13)19-12-7-5-11(6-8-12)16(20)21/h2-4,9,11-12H,5-8H2,1H3,(H,20,21)(H,17,18,19). The summed E-state index contributed by atoms with van der Waals surface area (Å²) in [4.78, 5) is 19.7. The topological polar surface area (TPSA) is 75.1 Å². The van der Waals surface area contributed by atoms with Gasteiger partial charge in [0, 0.05) is 11.4 Å². The van der Waals surface area contributed by atoms with Gasteiger partial charge in [-0.3, -0.25) is 4.79 Å². The molecule has 0 atom stereocenters. The average molecular weight is 285 g/mol. The van der Waals surface area contributed by atoms with Crippen LogP contribution in [-0.2, 0) is 4.79 Å². The Morgan fingerprint density at radius 3 is 2.71 bits per heavy atom. The van der Waals surface area contributed by atoms with Crippen LogP contribution in [0.2, 0.25) is 0 Å². The van der Waals surface area contributed by atoms with E-state index in [4.69, 9.17) is 5.11 Å². The summed E-state index contributed by atoms with van der Waals surface area (Å²) < 4.78 is 0. The summed E-state index contributed by atoms with van der Waals surface area (Å²) in [5.41, 5.74) is 2.08. The fourth-order valence-electron chi connectivity index (χ4n) is 3.07. The quantitative estimate of drug-likeness (QED) is 0.906. The molecule has 0 bridgehead atoms. The average Bonchev–Trinajstić information content (AvgIpc) is 2.48. The Balaban J connectivity index is 1.79. The number of carboxylic acid groups (broad SMARTS) is 1. The summed E-state index contributed by atoms with van der Waals surface area (Å²) in [6.07, 6.45) is 4.78. The fourth-order valence-corrected chi connectivity index (χ4v) is 3.07. The number of hydrogen-bond donors (Lipinski definition) is 2. The molecular formula is C16H19N3O2. The van der Waals surface area contributed by atoms with Crippen molar-refractivity contribution in [3.8, 4) is 0 Å². The summed E-state index contributed by atoms with van der Waals surface area (Å²) in [7, 11) is 0. The molecule has 5 nitrogen and oxygen atoms in total. The third-order valence-corrected chi connectivity index (χ3v) is 4.29. The molecule has 1 saturated carbocycles. The van der Waals surface area contributed by atoms with Crippen molar-refractivity contribution in [1.82, 2.24) is 9.97 Å². The van der Waals surface area contributed by atoms with Crippen LogP contribution >= 0.6 is 0 Å². The van der Waals surface area contributed by atoms with Crippen LogP contribution in [0.1, 0.15) is 31.2 Å². The van der Waals surface area contributed by atoms with Crippen molar-refractivity contribution in [2.24, 2.45) is 5.92 Å². The van der Waals surface area contributed by atoms with Gasteiger partial charge in [0.15, 0.2) is 0 Å². The number of nitrogens with zero attached hydrogens (tertiary/aromatic N) is 2. The van der Waals surface area contributed by atoms with Gasteiger partial charge in [0.2, 0.25) is 0 Å². The number of fused-ring (bicyclic) bond motifs is 1. The molecule has 0 aliphatic heterocycles. The maximum atomic E-state index is 11.0. The zero-order chi connectivity index (χ0) is 14.8. The van der Waals surface area contributed by atoms with Gasteiger partial charge in [-0.2, -0.15) is 0 Å². The van der Waals surface area contributed by atoms with Crippen LogP contribution in [0.15, 0.2) is 24.5 Å². The molecule has 0 spiro atoms. The number of aromatic nitrogens is 2. The Hall–Kier alpha value is -2.17. The summed E-state index contributed by atoms with van der Waals surface area (Å²) in [5.74, 6) is 0.000542. The lowest BCUT2D eigenvalue weighted by Crippen LogP contribution is -2.29. The first-order chi connectivity index (χ1) is 10.1. The number of benzene rings is 1. The van der Waals surface area contributed by atoms with Crippen LogP contribution in [-0.4, -0.2) is 27.1 Å². The van der Waals surface area contributed by atoms with Crippen molar-refractivity contribution in [3.63, 3.8) is 0 Å². The van der Waals surface area contributed by atoms with E-state index in [1.807, 2.05) is 12.1 Å². The van der Waals surface area contributed by atoms with Crippen LogP contribution < -0.4 is 5.32 Å². The minimum absolute atomic E-state index is 0.188. The Kier molecular flexibility index (Phi) is 3.73. The van der Waals surface area contributed by atoms with Crippen molar-refractivity contribution < 1.29 is 9.90 Å². The molecule has 3 rings (SSSR count). The Morgan fingerprint density at radius 1 is 1.24 bits per heavy atom. The van der Waals surface area contributed by atoms with Crippen LogP contribution in [0.25, 0.3) is 10.9 Å². The molecule has 110 valence electrons. The molecule has 0 saturated heterocycles. The molecule has 2 N–H and O–H groups in total. The number of aryl methyl sites for hydroxylation is 1. The highest BCUT2D eigenvalue weighted by molar-refractivity contribution is 5.91. The monoisotopic (exact) mass is 285 g/mol. The predicted molar refractivity (Wildman–Crippen MR) is 81.3 cm³/mol. The molecule has 21 heavy (non-hydrogen) atoms. The number of nitrogens with one attached hydrogen (secondary N) is 1. The number of hydrogen-bond acceptors (Lipinski definition) is 4. The summed E-state index contributed by atoms with van der Waals surface area (Å²) in [6.45, 7) is 2.05. The normalized spacial score (nSPS) is 22.1. The Bertz CT molecular complexity index is 658. The van der Waals surface area contributed by atoms with E-state index >= 15 is 0 Å². The van der Waals surface area contributed by atoms with E-state index in [1.165, 1.54) is 0 Å². The fraction of sp³-hybridized carbons (Fsp3) is 0.438. The van der Waals surface area contributed by atoms with Crippen molar-refractivity contribution in [3.05, 3.63) is 30.1 Å². The first kappa shape index (κ1) is 13.8. The van der Waals surface area contributed by atoms with E-state index in [2.05, 4.69) is 28.3 Å². The molecule has 1 aliphatic carbocycles. The van der Waals surface area contributed by atoms with E-state index in [-0.39, 0.29) is 5.92 Å². The zero-order valence-corrected chi connectivity index (χ0v) is 12.0. The van der Waals surface area contributed by atoms with E-state index in [1.54, 1.807) is 6.33 Å².